The standard InChI is InChI=1S/C5H5N7O9/c13-9(14)5(10(15)16,11(17)18)1-2-8-3-4(21-7-8)6-12(19)20/h3H,1-2H2. The molecule has 16 nitrogen and oxygen atoms in total. The van der Waals surface area contributed by atoms with Gasteiger partial charge in [-0.2, -0.15) is 0 Å². The van der Waals surface area contributed by atoms with Gasteiger partial charge in [0.2, 0.25) is 19.2 Å². The summed E-state index contributed by atoms with van der Waals surface area (Å²) >= 11 is 0. The van der Waals surface area contributed by atoms with Gasteiger partial charge in [0.15, 0.2) is 25.9 Å². The summed E-state index contributed by atoms with van der Waals surface area (Å²) in [6.45, 7) is -0.667. The number of hydrogen-bond donors (Lipinski definition) is 0. The summed E-state index contributed by atoms with van der Waals surface area (Å²) in [5, 5.41) is 44.0. The van der Waals surface area contributed by atoms with Crippen molar-refractivity contribution in [3.63, 3.8) is 0 Å². The molecule has 0 aliphatic rings. The monoisotopic (exact) mass is 307 g/mol. The van der Waals surface area contributed by atoms with Gasteiger partial charge >= 0.3 is 5.79 Å². The predicted octanol–water partition coefficient (Wildman–Crippen LogP) is -0.967. The number of nitro groups is 4. The summed E-state index contributed by atoms with van der Waals surface area (Å²) in [6, 6.07) is 0. The topological polar surface area (TPSA) is 217 Å². The highest BCUT2D eigenvalue weighted by Gasteiger charge is 2.70. The normalized spacial score (nSPS) is 10.9. The van der Waals surface area contributed by atoms with Crippen molar-refractivity contribution < 1.29 is 29.0 Å². The van der Waals surface area contributed by atoms with Crippen LogP contribution in [0.15, 0.2) is 10.7 Å². The molecule has 0 saturated heterocycles. The van der Waals surface area contributed by atoms with Crippen LogP contribution in [0.5, 0.6) is 0 Å². The van der Waals surface area contributed by atoms with E-state index in [9.17, 15) is 40.5 Å². The minimum absolute atomic E-state index is 0.589. The van der Waals surface area contributed by atoms with E-state index in [1.165, 1.54) is 0 Å². The van der Waals surface area contributed by atoms with Gasteiger partial charge in [0.1, 0.15) is 0 Å². The summed E-state index contributed by atoms with van der Waals surface area (Å²) in [5.41, 5.74) is 2.70. The van der Waals surface area contributed by atoms with Crippen LogP contribution in [0.2, 0.25) is 0 Å². The van der Waals surface area contributed by atoms with E-state index in [0.717, 1.165) is 6.20 Å². The zero-order valence-corrected chi connectivity index (χ0v) is 9.80. The van der Waals surface area contributed by atoms with Crippen LogP contribution >= 0.6 is 0 Å². The lowest BCUT2D eigenvalue weighted by Gasteiger charge is -2.06. The first kappa shape index (κ1) is 15.6. The SMILES string of the molecule is O=[N+]([O-])[N-]c1c[n+](CCC([N+](=O)[O-])([N+](=O)[O-])[N+](=O)[O-])no1. The zero-order chi connectivity index (χ0) is 16.2. The van der Waals surface area contributed by atoms with Crippen molar-refractivity contribution in [3.8, 4) is 0 Å². The van der Waals surface area contributed by atoms with Gasteiger partial charge in [0, 0.05) is 0 Å². The molecule has 0 aliphatic heterocycles. The quantitative estimate of drug-likeness (QED) is 0.247. The van der Waals surface area contributed by atoms with Crippen molar-refractivity contribution in [2.24, 2.45) is 0 Å². The number of aryl methyl sites for hydroxylation is 1. The first-order chi connectivity index (χ1) is 9.70. The van der Waals surface area contributed by atoms with E-state index in [-0.39, 0.29) is 0 Å². The van der Waals surface area contributed by atoms with Crippen LogP contribution in [0.3, 0.4) is 0 Å². The van der Waals surface area contributed by atoms with Gasteiger partial charge in [-0.15, -0.1) is 0 Å². The van der Waals surface area contributed by atoms with Gasteiger partial charge < -0.3 is 9.95 Å². The fourth-order valence-corrected chi connectivity index (χ4v) is 1.24. The van der Waals surface area contributed by atoms with E-state index >= 15 is 0 Å². The Bertz CT molecular complexity index is 559. The Balaban J connectivity index is 2.90. The van der Waals surface area contributed by atoms with Gasteiger partial charge in [-0.05, 0) is 5.03 Å². The minimum Gasteiger partial charge on any atom is -0.320 e. The Hall–Kier alpha value is -3.46. The molecule has 0 unspecified atom stereocenters. The van der Waals surface area contributed by atoms with Crippen molar-refractivity contribution in [2.45, 2.75) is 18.8 Å². The van der Waals surface area contributed by atoms with Crippen molar-refractivity contribution >= 4 is 5.88 Å². The van der Waals surface area contributed by atoms with E-state index in [2.05, 4.69) is 15.2 Å². The lowest BCUT2D eigenvalue weighted by Crippen LogP contribution is -2.55. The van der Waals surface area contributed by atoms with Crippen molar-refractivity contribution in [1.82, 2.24) is 5.27 Å². The molecule has 0 fully saturated rings. The number of rotatable bonds is 8. The maximum Gasteiger partial charge on any atom is 0.706 e. The smallest absolute Gasteiger partial charge is 0.320 e. The third-order valence-corrected chi connectivity index (χ3v) is 2.23. The maximum atomic E-state index is 10.6. The molecule has 21 heavy (non-hydrogen) atoms. The van der Waals surface area contributed by atoms with E-state index < -0.39 is 44.4 Å². The first-order valence-electron chi connectivity index (χ1n) is 4.86. The lowest BCUT2D eigenvalue weighted by molar-refractivity contribution is -0.975. The average molecular weight is 307 g/mol. The van der Waals surface area contributed by atoms with Crippen LogP contribution < -0.4 is 4.68 Å². The molecule has 0 bridgehead atoms. The van der Waals surface area contributed by atoms with Crippen LogP contribution in [-0.2, 0) is 6.54 Å². The third kappa shape index (κ3) is 3.11. The van der Waals surface area contributed by atoms with E-state index in [0.29, 0.717) is 4.68 Å². The Labute approximate surface area is 112 Å². The van der Waals surface area contributed by atoms with E-state index in [4.69, 9.17) is 0 Å². The molecule has 0 spiro atoms. The Morgan fingerprint density at radius 2 is 1.67 bits per heavy atom. The molecule has 0 saturated carbocycles. The number of nitrogens with zero attached hydrogens (tertiary/aromatic N) is 7. The molecule has 0 radical (unpaired) electrons. The zero-order valence-electron chi connectivity index (χ0n) is 9.80. The average Bonchev–Trinajstić information content (AvgIpc) is 2.75. The molecule has 1 heterocycles. The van der Waals surface area contributed by atoms with Crippen molar-refractivity contribution in [2.75, 3.05) is 0 Å². The molecule has 1 rings (SSSR count). The first-order valence-corrected chi connectivity index (χ1v) is 4.86. The molecule has 16 heteroatoms. The Morgan fingerprint density at radius 1 is 1.14 bits per heavy atom. The summed E-state index contributed by atoms with van der Waals surface area (Å²) in [7, 11) is 0. The van der Waals surface area contributed by atoms with Crippen LogP contribution in [0.1, 0.15) is 6.42 Å². The Morgan fingerprint density at radius 3 is 2.10 bits per heavy atom. The highest BCUT2D eigenvalue weighted by molar-refractivity contribution is 5.24. The van der Waals surface area contributed by atoms with Crippen molar-refractivity contribution in [3.05, 3.63) is 52.1 Å². The van der Waals surface area contributed by atoms with Gasteiger partial charge in [0.25, 0.3) is 0 Å². The number of hydrogen-bond acceptors (Lipinski definition) is 10. The van der Waals surface area contributed by atoms with Crippen LogP contribution in [0.4, 0.5) is 5.88 Å². The Kier molecular flexibility index (Phi) is 4.21. The second-order valence-electron chi connectivity index (χ2n) is 3.44. The van der Waals surface area contributed by atoms with E-state index in [1.54, 1.807) is 0 Å². The van der Waals surface area contributed by atoms with Crippen LogP contribution in [0, 0.1) is 40.5 Å². The molecule has 1 aromatic heterocycles. The fourth-order valence-electron chi connectivity index (χ4n) is 1.24. The van der Waals surface area contributed by atoms with Crippen molar-refractivity contribution in [1.29, 1.82) is 0 Å². The van der Waals surface area contributed by atoms with Crippen LogP contribution in [-0.4, -0.2) is 30.9 Å². The molecule has 0 atom stereocenters. The summed E-state index contributed by atoms with van der Waals surface area (Å²) in [6.07, 6.45) is -0.359. The van der Waals surface area contributed by atoms with Gasteiger partial charge in [0.05, 0.1) is 0 Å². The minimum atomic E-state index is -3.65. The maximum absolute atomic E-state index is 10.6. The highest BCUT2D eigenvalue weighted by Crippen LogP contribution is 2.18. The van der Waals surface area contributed by atoms with Gasteiger partial charge in [-0.25, -0.2) is 0 Å². The second kappa shape index (κ2) is 5.67. The van der Waals surface area contributed by atoms with Crippen LogP contribution in [0.25, 0.3) is 5.43 Å². The molecule has 114 valence electrons. The second-order valence-corrected chi connectivity index (χ2v) is 3.44. The fraction of sp³-hybridized carbons (Fsp3) is 0.600. The van der Waals surface area contributed by atoms with Gasteiger partial charge in [-0.1, -0.05) is 4.68 Å². The molecular formula is C5H5N7O9. The predicted molar refractivity (Wildman–Crippen MR) is 55.0 cm³/mol. The van der Waals surface area contributed by atoms with Gasteiger partial charge in [-0.3, -0.25) is 40.5 Å². The number of aromatic nitrogens is 2. The molecule has 0 N–H and O–H groups in total. The molecule has 0 amide bonds. The molecule has 0 aliphatic carbocycles. The molecular weight excluding hydrogens is 302 g/mol. The summed E-state index contributed by atoms with van der Waals surface area (Å²) < 4.78 is 4.99. The lowest BCUT2D eigenvalue weighted by atomic mass is 10.2. The molecule has 0 aromatic carbocycles. The third-order valence-electron chi connectivity index (χ3n) is 2.23. The van der Waals surface area contributed by atoms with E-state index in [1.807, 2.05) is 0 Å². The summed E-state index contributed by atoms with van der Waals surface area (Å²) in [4.78, 5) is 37.0. The molecule has 1 aromatic rings. The summed E-state index contributed by atoms with van der Waals surface area (Å²) in [5.74, 6) is -4.24. The highest BCUT2D eigenvalue weighted by atomic mass is 16.7. The largest absolute Gasteiger partial charge is 0.706 e.